The van der Waals surface area contributed by atoms with Crippen molar-refractivity contribution in [1.82, 2.24) is 9.13 Å². The van der Waals surface area contributed by atoms with E-state index >= 15 is 0 Å². The van der Waals surface area contributed by atoms with Gasteiger partial charge in [0, 0.05) is 17.8 Å². The standard InChI is InChI=1S/C26H22N2O5/c1-32-21-12-10-19(11-13-21)22-17-27(20-6-4-3-5-7-20)26(31)28(22)25(30)15-9-18-8-14-23(29)24(16-18)33-2/h3-17,29H,1-2H3. The van der Waals surface area contributed by atoms with Crippen LogP contribution >= 0.6 is 0 Å². The van der Waals surface area contributed by atoms with E-state index in [2.05, 4.69) is 0 Å². The number of hydrogen-bond donors (Lipinski definition) is 1. The van der Waals surface area contributed by atoms with Gasteiger partial charge in [-0.05, 0) is 60.2 Å². The molecule has 3 aromatic carbocycles. The summed E-state index contributed by atoms with van der Waals surface area (Å²) in [6, 6.07) is 20.9. The topological polar surface area (TPSA) is 82.7 Å². The Morgan fingerprint density at radius 1 is 0.939 bits per heavy atom. The van der Waals surface area contributed by atoms with Gasteiger partial charge in [-0.2, -0.15) is 0 Å². The molecule has 7 heteroatoms. The van der Waals surface area contributed by atoms with Crippen LogP contribution in [0.5, 0.6) is 17.2 Å². The number of hydrogen-bond acceptors (Lipinski definition) is 5. The molecule has 0 aliphatic rings. The van der Waals surface area contributed by atoms with E-state index in [4.69, 9.17) is 9.47 Å². The van der Waals surface area contributed by atoms with E-state index in [1.807, 2.05) is 18.2 Å². The van der Waals surface area contributed by atoms with E-state index in [1.165, 1.54) is 23.8 Å². The summed E-state index contributed by atoms with van der Waals surface area (Å²) in [6.45, 7) is 0. The van der Waals surface area contributed by atoms with Crippen LogP contribution in [0.3, 0.4) is 0 Å². The molecule has 0 spiro atoms. The predicted octanol–water partition coefficient (Wildman–Crippen LogP) is 4.38. The maximum atomic E-state index is 13.3. The average Bonchev–Trinajstić information content (AvgIpc) is 3.21. The fourth-order valence-electron chi connectivity index (χ4n) is 3.44. The number of para-hydroxylation sites is 1. The molecule has 1 heterocycles. The number of phenols is 1. The minimum Gasteiger partial charge on any atom is -0.504 e. The summed E-state index contributed by atoms with van der Waals surface area (Å²) >= 11 is 0. The van der Waals surface area contributed by atoms with Gasteiger partial charge in [-0.3, -0.25) is 9.36 Å². The van der Waals surface area contributed by atoms with Crippen molar-refractivity contribution in [1.29, 1.82) is 0 Å². The maximum Gasteiger partial charge on any atom is 0.340 e. The highest BCUT2D eigenvalue weighted by Gasteiger charge is 2.18. The van der Waals surface area contributed by atoms with E-state index in [-0.39, 0.29) is 11.5 Å². The molecule has 0 atom stereocenters. The van der Waals surface area contributed by atoms with Crippen LogP contribution in [0, 0.1) is 0 Å². The summed E-state index contributed by atoms with van der Waals surface area (Å²) in [7, 11) is 3.02. The first kappa shape index (κ1) is 21.7. The number of aromatic nitrogens is 2. The van der Waals surface area contributed by atoms with Gasteiger partial charge in [-0.1, -0.05) is 24.3 Å². The lowest BCUT2D eigenvalue weighted by Gasteiger charge is -2.06. The number of allylic oxidation sites excluding steroid dienone is 1. The molecule has 0 aliphatic carbocycles. The number of carbonyl (C=O) groups excluding carboxylic acids is 1. The number of carbonyl (C=O) groups is 1. The number of imidazole rings is 1. The smallest absolute Gasteiger partial charge is 0.340 e. The summed E-state index contributed by atoms with van der Waals surface area (Å²) in [5.41, 5.74) is 1.95. The van der Waals surface area contributed by atoms with Crippen molar-refractivity contribution in [3.8, 4) is 34.2 Å². The fraction of sp³-hybridized carbons (Fsp3) is 0.0769. The first-order valence-corrected chi connectivity index (χ1v) is 10.2. The van der Waals surface area contributed by atoms with Crippen molar-refractivity contribution in [3.05, 3.63) is 101 Å². The Morgan fingerprint density at radius 3 is 2.33 bits per heavy atom. The van der Waals surface area contributed by atoms with Gasteiger partial charge in [0.25, 0.3) is 5.91 Å². The molecule has 4 aromatic rings. The molecule has 0 unspecified atom stereocenters. The maximum absolute atomic E-state index is 13.3. The molecular formula is C26H22N2O5. The fourth-order valence-corrected chi connectivity index (χ4v) is 3.44. The Hall–Kier alpha value is -4.52. The van der Waals surface area contributed by atoms with Crippen molar-refractivity contribution in [3.63, 3.8) is 0 Å². The second-order valence-electron chi connectivity index (χ2n) is 7.17. The second-order valence-corrected chi connectivity index (χ2v) is 7.17. The van der Waals surface area contributed by atoms with Crippen molar-refractivity contribution >= 4 is 12.0 Å². The van der Waals surface area contributed by atoms with Gasteiger partial charge >= 0.3 is 5.69 Å². The molecular weight excluding hydrogens is 420 g/mol. The minimum absolute atomic E-state index is 0.000995. The Balaban J connectivity index is 1.79. The van der Waals surface area contributed by atoms with E-state index in [9.17, 15) is 14.7 Å². The number of rotatable bonds is 6. The Kier molecular flexibility index (Phi) is 6.13. The number of benzene rings is 3. The lowest BCUT2D eigenvalue weighted by atomic mass is 10.1. The summed E-state index contributed by atoms with van der Waals surface area (Å²) in [6.07, 6.45) is 4.53. The molecule has 0 fully saturated rings. The van der Waals surface area contributed by atoms with E-state index < -0.39 is 11.6 Å². The first-order chi connectivity index (χ1) is 16.0. The molecule has 1 N–H and O–H groups in total. The van der Waals surface area contributed by atoms with Crippen molar-refractivity contribution < 1.29 is 19.4 Å². The van der Waals surface area contributed by atoms with Gasteiger partial charge in [0.2, 0.25) is 0 Å². The van der Waals surface area contributed by atoms with Crippen LogP contribution in [0.4, 0.5) is 0 Å². The Bertz CT molecular complexity index is 1370. The van der Waals surface area contributed by atoms with Crippen LogP contribution < -0.4 is 15.2 Å². The lowest BCUT2D eigenvalue weighted by molar-refractivity contribution is 0.0967. The summed E-state index contributed by atoms with van der Waals surface area (Å²) < 4.78 is 12.9. The van der Waals surface area contributed by atoms with Crippen molar-refractivity contribution in [2.24, 2.45) is 0 Å². The normalized spacial score (nSPS) is 11.0. The SMILES string of the molecule is COc1ccc(-c2cn(-c3ccccc3)c(=O)n2C(=O)C=Cc2ccc(O)c(OC)c2)cc1. The Labute approximate surface area is 190 Å². The number of nitrogens with zero attached hydrogens (tertiary/aromatic N) is 2. The van der Waals surface area contributed by atoms with E-state index in [0.717, 1.165) is 4.57 Å². The summed E-state index contributed by atoms with van der Waals surface area (Å²) in [5.74, 6) is 0.449. The molecule has 1 aromatic heterocycles. The van der Waals surface area contributed by atoms with E-state index in [0.29, 0.717) is 28.3 Å². The summed E-state index contributed by atoms with van der Waals surface area (Å²) in [5, 5.41) is 9.76. The number of aromatic hydroxyl groups is 1. The highest BCUT2D eigenvalue weighted by Crippen LogP contribution is 2.27. The van der Waals surface area contributed by atoms with Gasteiger partial charge in [0.05, 0.1) is 25.6 Å². The zero-order chi connectivity index (χ0) is 23.4. The molecule has 4 rings (SSSR count). The quantitative estimate of drug-likeness (QED) is 0.448. The predicted molar refractivity (Wildman–Crippen MR) is 126 cm³/mol. The van der Waals surface area contributed by atoms with Gasteiger partial charge in [-0.15, -0.1) is 0 Å². The van der Waals surface area contributed by atoms with Gasteiger partial charge in [-0.25, -0.2) is 9.36 Å². The van der Waals surface area contributed by atoms with Crippen molar-refractivity contribution in [2.75, 3.05) is 14.2 Å². The van der Waals surface area contributed by atoms with Crippen molar-refractivity contribution in [2.45, 2.75) is 0 Å². The average molecular weight is 442 g/mol. The molecule has 0 saturated carbocycles. The largest absolute Gasteiger partial charge is 0.504 e. The van der Waals surface area contributed by atoms with Crippen LogP contribution in [-0.2, 0) is 0 Å². The molecule has 0 radical (unpaired) electrons. The minimum atomic E-state index is -0.507. The van der Waals surface area contributed by atoms with Crippen LogP contribution in [0.25, 0.3) is 23.0 Å². The van der Waals surface area contributed by atoms with Crippen LogP contribution in [-0.4, -0.2) is 34.4 Å². The summed E-state index contributed by atoms with van der Waals surface area (Å²) in [4.78, 5) is 26.5. The highest BCUT2D eigenvalue weighted by molar-refractivity contribution is 5.96. The molecule has 0 saturated heterocycles. The van der Waals surface area contributed by atoms with Crippen LogP contribution in [0.1, 0.15) is 10.4 Å². The van der Waals surface area contributed by atoms with Gasteiger partial charge in [0.15, 0.2) is 11.5 Å². The number of methoxy groups -OCH3 is 2. The van der Waals surface area contributed by atoms with Crippen LogP contribution in [0.15, 0.2) is 89.9 Å². The third-order valence-corrected chi connectivity index (χ3v) is 5.15. The van der Waals surface area contributed by atoms with Gasteiger partial charge < -0.3 is 14.6 Å². The third-order valence-electron chi connectivity index (χ3n) is 5.15. The van der Waals surface area contributed by atoms with Gasteiger partial charge in [0.1, 0.15) is 5.75 Å². The molecule has 0 aliphatic heterocycles. The molecule has 166 valence electrons. The molecule has 0 bridgehead atoms. The lowest BCUT2D eigenvalue weighted by Crippen LogP contribution is -2.27. The third kappa shape index (κ3) is 4.43. The zero-order valence-corrected chi connectivity index (χ0v) is 18.1. The monoisotopic (exact) mass is 442 g/mol. The highest BCUT2D eigenvalue weighted by atomic mass is 16.5. The number of ether oxygens (including phenoxy) is 2. The zero-order valence-electron chi connectivity index (χ0n) is 18.1. The van der Waals surface area contributed by atoms with E-state index in [1.54, 1.807) is 67.9 Å². The molecule has 33 heavy (non-hydrogen) atoms. The number of phenolic OH excluding ortho intramolecular Hbond substituents is 1. The van der Waals surface area contributed by atoms with Crippen LogP contribution in [0.2, 0.25) is 0 Å². The molecule has 0 amide bonds. The second kappa shape index (κ2) is 9.32. The first-order valence-electron chi connectivity index (χ1n) is 10.2. The Morgan fingerprint density at radius 2 is 1.67 bits per heavy atom. The molecule has 7 nitrogen and oxygen atoms in total.